The van der Waals surface area contributed by atoms with Crippen LogP contribution in [0.15, 0.2) is 97.1 Å². The normalized spacial score (nSPS) is 14.2. The van der Waals surface area contributed by atoms with E-state index in [-0.39, 0.29) is 22.7 Å². The Labute approximate surface area is 251 Å². The molecule has 0 radical (unpaired) electrons. The van der Waals surface area contributed by atoms with E-state index < -0.39 is 5.97 Å². The first kappa shape index (κ1) is 28.7. The Balaban J connectivity index is 1.55. The average Bonchev–Trinajstić information content (AvgIpc) is 3.35. The lowest BCUT2D eigenvalue weighted by atomic mass is 9.83. The molecule has 0 spiro atoms. The van der Waals surface area contributed by atoms with Crippen LogP contribution in [0.5, 0.6) is 5.75 Å². The lowest BCUT2D eigenvalue weighted by Gasteiger charge is -2.31. The molecule has 0 bridgehead atoms. The predicted molar refractivity (Wildman–Crippen MR) is 167 cm³/mol. The molecule has 1 aliphatic heterocycles. The number of para-hydroxylation sites is 1. The van der Waals surface area contributed by atoms with Crippen molar-refractivity contribution >= 4 is 16.9 Å². The summed E-state index contributed by atoms with van der Waals surface area (Å²) in [6, 6.07) is 30.3. The van der Waals surface area contributed by atoms with Crippen LogP contribution in [-0.4, -0.2) is 28.9 Å². The summed E-state index contributed by atoms with van der Waals surface area (Å²) in [6.07, 6.45) is 1.77. The molecule has 5 aromatic rings. The minimum Gasteiger partial charge on any atom is -0.487 e. The Kier molecular flexibility index (Phi) is 8.04. The van der Waals surface area contributed by atoms with Crippen LogP contribution in [0.3, 0.4) is 0 Å². The lowest BCUT2D eigenvalue weighted by Crippen LogP contribution is -2.27. The number of rotatable bonds is 9. The topological polar surface area (TPSA) is 60.7 Å². The number of ether oxygens (including phenoxy) is 2. The number of carboxylic acids is 1. The standard InChI is InChI=1S/C37H36FNO4/c1-37(2,29-15-11-28(12-16-29)36(40)41)24-39-34(27-19-21-42-22-20-27)33(26-13-17-30(38)18-14-26)31-9-6-10-32(35(31)39)43-23-25-7-4-3-5-8-25/h3-18,27H,19-24H2,1-2H3,(H,40,41). The van der Waals surface area contributed by atoms with Gasteiger partial charge in [-0.15, -0.1) is 0 Å². The number of aromatic nitrogens is 1. The minimum absolute atomic E-state index is 0.244. The van der Waals surface area contributed by atoms with Crippen molar-refractivity contribution in [3.05, 3.63) is 125 Å². The van der Waals surface area contributed by atoms with Gasteiger partial charge in [0.25, 0.3) is 0 Å². The van der Waals surface area contributed by atoms with E-state index in [2.05, 4.69) is 36.6 Å². The smallest absolute Gasteiger partial charge is 0.335 e. The summed E-state index contributed by atoms with van der Waals surface area (Å²) in [5.74, 6) is -0.168. The van der Waals surface area contributed by atoms with Crippen LogP contribution in [0.4, 0.5) is 4.39 Å². The Hall–Kier alpha value is -4.42. The first-order valence-electron chi connectivity index (χ1n) is 14.8. The molecular formula is C37H36FNO4. The third-order valence-electron chi connectivity index (χ3n) is 8.53. The Morgan fingerprint density at radius 2 is 1.63 bits per heavy atom. The molecule has 43 heavy (non-hydrogen) atoms. The SMILES string of the molecule is CC(C)(Cn1c(C2CCOCC2)c(-c2ccc(F)cc2)c2cccc(OCc3ccccc3)c21)c1ccc(C(=O)O)cc1. The molecule has 6 heteroatoms. The summed E-state index contributed by atoms with van der Waals surface area (Å²) < 4.78 is 28.8. The van der Waals surface area contributed by atoms with Crippen LogP contribution in [0.1, 0.15) is 59.8 Å². The summed E-state index contributed by atoms with van der Waals surface area (Å²) in [5, 5.41) is 10.5. The van der Waals surface area contributed by atoms with Gasteiger partial charge in [0.15, 0.2) is 0 Å². The highest BCUT2D eigenvalue weighted by Crippen LogP contribution is 2.46. The molecule has 1 saturated heterocycles. The molecule has 1 fully saturated rings. The average molecular weight is 578 g/mol. The molecule has 0 aliphatic carbocycles. The van der Waals surface area contributed by atoms with Crippen molar-refractivity contribution in [1.82, 2.24) is 4.57 Å². The molecule has 0 saturated carbocycles. The summed E-state index contributed by atoms with van der Waals surface area (Å²) in [5.41, 5.74) is 6.33. The molecule has 1 aromatic heterocycles. The zero-order valence-corrected chi connectivity index (χ0v) is 24.6. The number of nitrogens with zero attached hydrogens (tertiary/aromatic N) is 1. The Bertz CT molecular complexity index is 1720. The predicted octanol–water partition coefficient (Wildman–Crippen LogP) is 8.60. The summed E-state index contributed by atoms with van der Waals surface area (Å²) in [4.78, 5) is 11.5. The van der Waals surface area contributed by atoms with Gasteiger partial charge in [-0.1, -0.05) is 80.6 Å². The first-order valence-corrected chi connectivity index (χ1v) is 14.8. The van der Waals surface area contributed by atoms with Gasteiger partial charge in [0.05, 0.1) is 11.1 Å². The molecule has 0 unspecified atom stereocenters. The molecule has 2 heterocycles. The first-order chi connectivity index (χ1) is 20.8. The van der Waals surface area contributed by atoms with Gasteiger partial charge < -0.3 is 19.1 Å². The number of carbonyl (C=O) groups is 1. The van der Waals surface area contributed by atoms with E-state index in [0.717, 1.165) is 51.7 Å². The molecule has 1 N–H and O–H groups in total. The molecule has 0 atom stereocenters. The number of carboxylic acid groups (broad SMARTS) is 1. The fraction of sp³-hybridized carbons (Fsp3) is 0.270. The summed E-state index contributed by atoms with van der Waals surface area (Å²) in [6.45, 7) is 6.82. The Morgan fingerprint density at radius 3 is 2.30 bits per heavy atom. The van der Waals surface area contributed by atoms with Gasteiger partial charge in [0.1, 0.15) is 18.2 Å². The minimum atomic E-state index is -0.938. The number of aromatic carboxylic acids is 1. The number of halogens is 1. The highest BCUT2D eigenvalue weighted by molar-refractivity contribution is 6.01. The lowest BCUT2D eigenvalue weighted by molar-refractivity contribution is 0.0696. The monoisotopic (exact) mass is 577 g/mol. The van der Waals surface area contributed by atoms with Gasteiger partial charge in [0, 0.05) is 47.7 Å². The molecule has 6 rings (SSSR count). The molecule has 4 aromatic carbocycles. The second-order valence-corrected chi connectivity index (χ2v) is 11.9. The Morgan fingerprint density at radius 1 is 0.930 bits per heavy atom. The summed E-state index contributed by atoms with van der Waals surface area (Å²) in [7, 11) is 0. The van der Waals surface area contributed by atoms with Crippen LogP contribution < -0.4 is 4.74 Å². The van der Waals surface area contributed by atoms with Crippen molar-refractivity contribution in [3.63, 3.8) is 0 Å². The molecule has 0 amide bonds. The van der Waals surface area contributed by atoms with Crippen LogP contribution in [-0.2, 0) is 23.3 Å². The van der Waals surface area contributed by atoms with E-state index in [1.165, 1.54) is 17.8 Å². The van der Waals surface area contributed by atoms with Gasteiger partial charge in [-0.3, -0.25) is 0 Å². The van der Waals surface area contributed by atoms with Gasteiger partial charge >= 0.3 is 5.97 Å². The van der Waals surface area contributed by atoms with Crippen LogP contribution in [0, 0.1) is 5.82 Å². The second-order valence-electron chi connectivity index (χ2n) is 11.9. The highest BCUT2D eigenvalue weighted by Gasteiger charge is 2.32. The van der Waals surface area contributed by atoms with Crippen molar-refractivity contribution in [3.8, 4) is 16.9 Å². The van der Waals surface area contributed by atoms with Gasteiger partial charge in [-0.25, -0.2) is 9.18 Å². The zero-order chi connectivity index (χ0) is 30.0. The number of benzene rings is 4. The van der Waals surface area contributed by atoms with E-state index >= 15 is 0 Å². The fourth-order valence-corrected chi connectivity index (χ4v) is 6.28. The van der Waals surface area contributed by atoms with Crippen LogP contribution in [0.25, 0.3) is 22.0 Å². The third kappa shape index (κ3) is 5.93. The van der Waals surface area contributed by atoms with Crippen molar-refractivity contribution in [2.45, 2.75) is 51.2 Å². The molecule has 5 nitrogen and oxygen atoms in total. The van der Waals surface area contributed by atoms with Crippen molar-refractivity contribution in [1.29, 1.82) is 0 Å². The van der Waals surface area contributed by atoms with Crippen LogP contribution >= 0.6 is 0 Å². The maximum atomic E-state index is 14.1. The van der Waals surface area contributed by atoms with E-state index in [0.29, 0.717) is 26.4 Å². The molecular weight excluding hydrogens is 541 g/mol. The number of hydrogen-bond acceptors (Lipinski definition) is 3. The van der Waals surface area contributed by atoms with E-state index in [1.54, 1.807) is 12.1 Å². The fourth-order valence-electron chi connectivity index (χ4n) is 6.28. The quantitative estimate of drug-likeness (QED) is 0.191. The van der Waals surface area contributed by atoms with Crippen LogP contribution in [0.2, 0.25) is 0 Å². The van der Waals surface area contributed by atoms with Gasteiger partial charge in [-0.05, 0) is 59.9 Å². The number of hydrogen-bond donors (Lipinski definition) is 1. The maximum absolute atomic E-state index is 14.1. The maximum Gasteiger partial charge on any atom is 0.335 e. The highest BCUT2D eigenvalue weighted by atomic mass is 19.1. The summed E-state index contributed by atoms with van der Waals surface area (Å²) >= 11 is 0. The van der Waals surface area contributed by atoms with Crippen molar-refractivity contribution in [2.24, 2.45) is 0 Å². The van der Waals surface area contributed by atoms with Crippen molar-refractivity contribution in [2.75, 3.05) is 13.2 Å². The largest absolute Gasteiger partial charge is 0.487 e. The second kappa shape index (κ2) is 12.1. The third-order valence-corrected chi connectivity index (χ3v) is 8.53. The van der Waals surface area contributed by atoms with Gasteiger partial charge in [0.2, 0.25) is 0 Å². The molecule has 220 valence electrons. The van der Waals surface area contributed by atoms with E-state index in [9.17, 15) is 14.3 Å². The number of fused-ring (bicyclic) bond motifs is 1. The molecule has 1 aliphatic rings. The zero-order valence-electron chi connectivity index (χ0n) is 24.6. The van der Waals surface area contributed by atoms with Gasteiger partial charge in [-0.2, -0.15) is 0 Å². The van der Waals surface area contributed by atoms with E-state index in [1.807, 2.05) is 54.6 Å². The van der Waals surface area contributed by atoms with Crippen molar-refractivity contribution < 1.29 is 23.8 Å². The van der Waals surface area contributed by atoms with E-state index in [4.69, 9.17) is 9.47 Å².